The summed E-state index contributed by atoms with van der Waals surface area (Å²) >= 11 is 0. The molecule has 0 fully saturated rings. The van der Waals surface area contributed by atoms with Crippen LogP contribution in [-0.2, 0) is 0 Å². The quantitative estimate of drug-likeness (QED) is 0.603. The maximum absolute atomic E-state index is 12.1. The molecule has 1 atom stereocenters. The maximum atomic E-state index is 12.1. The van der Waals surface area contributed by atoms with Crippen LogP contribution >= 0.6 is 0 Å². The molecule has 0 amide bonds. The van der Waals surface area contributed by atoms with Gasteiger partial charge < -0.3 is 5.73 Å². The summed E-state index contributed by atoms with van der Waals surface area (Å²) in [5, 5.41) is 0. The van der Waals surface area contributed by atoms with Crippen LogP contribution in [0, 0.1) is 5.92 Å². The fourth-order valence-electron chi connectivity index (χ4n) is 1.05. The first kappa shape index (κ1) is 9.09. The highest BCUT2D eigenvalue weighted by Crippen LogP contribution is 2.30. The van der Waals surface area contributed by atoms with Gasteiger partial charge in [-0.2, -0.15) is 13.2 Å². The van der Waals surface area contributed by atoms with Gasteiger partial charge in [-0.1, -0.05) is 13.0 Å². The van der Waals surface area contributed by atoms with Crippen molar-refractivity contribution in [2.45, 2.75) is 19.5 Å². The van der Waals surface area contributed by atoms with Gasteiger partial charge in [-0.3, -0.25) is 0 Å². The Morgan fingerprint density at radius 3 is 2.58 bits per heavy atom. The lowest BCUT2D eigenvalue weighted by Crippen LogP contribution is -2.23. The van der Waals surface area contributed by atoms with Crippen LogP contribution in [0.15, 0.2) is 16.8 Å². The van der Waals surface area contributed by atoms with Crippen LogP contribution in [-0.4, -0.2) is 12.0 Å². The molecule has 0 aromatic heterocycles. The molecule has 0 aromatic carbocycles. The molecular formula is C7H9F3N2. The van der Waals surface area contributed by atoms with E-state index >= 15 is 0 Å². The van der Waals surface area contributed by atoms with E-state index in [4.69, 9.17) is 5.73 Å². The Morgan fingerprint density at radius 2 is 2.17 bits per heavy atom. The minimum Gasteiger partial charge on any atom is -0.387 e. The van der Waals surface area contributed by atoms with Crippen LogP contribution in [0.25, 0.3) is 0 Å². The smallest absolute Gasteiger partial charge is 0.387 e. The van der Waals surface area contributed by atoms with E-state index in [1.807, 2.05) is 0 Å². The van der Waals surface area contributed by atoms with Crippen LogP contribution < -0.4 is 5.73 Å². The summed E-state index contributed by atoms with van der Waals surface area (Å²) in [6.45, 7) is 1.67. The SMILES string of the molecule is CC1C=C(C(F)(F)F)N=C(N)C1. The highest BCUT2D eigenvalue weighted by atomic mass is 19.4. The zero-order valence-corrected chi connectivity index (χ0v) is 6.52. The number of rotatable bonds is 0. The van der Waals surface area contributed by atoms with Gasteiger partial charge >= 0.3 is 6.18 Å². The molecule has 0 radical (unpaired) electrons. The molecule has 0 saturated carbocycles. The van der Waals surface area contributed by atoms with Gasteiger partial charge in [0.2, 0.25) is 0 Å². The van der Waals surface area contributed by atoms with E-state index in [-0.39, 0.29) is 11.8 Å². The van der Waals surface area contributed by atoms with Crippen LogP contribution in [0.1, 0.15) is 13.3 Å². The van der Waals surface area contributed by atoms with E-state index in [2.05, 4.69) is 4.99 Å². The van der Waals surface area contributed by atoms with Gasteiger partial charge in [0.25, 0.3) is 0 Å². The van der Waals surface area contributed by atoms with Gasteiger partial charge in [0.1, 0.15) is 11.5 Å². The zero-order chi connectivity index (χ0) is 9.35. The van der Waals surface area contributed by atoms with Crippen molar-refractivity contribution in [2.24, 2.45) is 16.6 Å². The van der Waals surface area contributed by atoms with Crippen LogP contribution in [0.4, 0.5) is 13.2 Å². The molecule has 1 rings (SSSR count). The van der Waals surface area contributed by atoms with Gasteiger partial charge in [0, 0.05) is 6.42 Å². The zero-order valence-electron chi connectivity index (χ0n) is 6.52. The second-order valence-corrected chi connectivity index (χ2v) is 2.83. The van der Waals surface area contributed by atoms with Gasteiger partial charge in [0.05, 0.1) is 0 Å². The van der Waals surface area contributed by atoms with Gasteiger partial charge in [-0.15, -0.1) is 0 Å². The second-order valence-electron chi connectivity index (χ2n) is 2.83. The van der Waals surface area contributed by atoms with Gasteiger partial charge in [0.15, 0.2) is 0 Å². The molecule has 1 aliphatic heterocycles. The lowest BCUT2D eigenvalue weighted by atomic mass is 10.0. The minimum atomic E-state index is -4.38. The summed E-state index contributed by atoms with van der Waals surface area (Å²) in [5.74, 6) is -0.128. The number of halogens is 3. The van der Waals surface area contributed by atoms with Crippen LogP contribution in [0.5, 0.6) is 0 Å². The molecule has 0 aliphatic carbocycles. The molecule has 5 heteroatoms. The van der Waals surface area contributed by atoms with E-state index in [0.29, 0.717) is 6.42 Å². The summed E-state index contributed by atoms with van der Waals surface area (Å²) in [4.78, 5) is 3.23. The first-order chi connectivity index (χ1) is 5.39. The largest absolute Gasteiger partial charge is 0.433 e. The molecule has 1 heterocycles. The Balaban J connectivity index is 2.91. The first-order valence-electron chi connectivity index (χ1n) is 3.51. The van der Waals surface area contributed by atoms with E-state index in [0.717, 1.165) is 6.08 Å². The Kier molecular flexibility index (Phi) is 2.12. The van der Waals surface area contributed by atoms with Crippen molar-refractivity contribution in [1.82, 2.24) is 0 Å². The maximum Gasteiger partial charge on any atom is 0.433 e. The predicted octanol–water partition coefficient (Wildman–Crippen LogP) is 1.83. The van der Waals surface area contributed by atoms with Crippen molar-refractivity contribution < 1.29 is 13.2 Å². The molecular weight excluding hydrogens is 169 g/mol. The van der Waals surface area contributed by atoms with E-state index in [1.165, 1.54) is 0 Å². The molecule has 68 valence electrons. The summed E-state index contributed by atoms with van der Waals surface area (Å²) in [6, 6.07) is 0. The van der Waals surface area contributed by atoms with Crippen molar-refractivity contribution in [2.75, 3.05) is 0 Å². The average Bonchev–Trinajstić information content (AvgIpc) is 1.82. The van der Waals surface area contributed by atoms with Gasteiger partial charge in [-0.25, -0.2) is 4.99 Å². The molecule has 12 heavy (non-hydrogen) atoms. The lowest BCUT2D eigenvalue weighted by Gasteiger charge is -2.16. The molecule has 2 N–H and O–H groups in total. The number of aliphatic imine (C=N–C) groups is 1. The molecule has 0 spiro atoms. The minimum absolute atomic E-state index is 0.0531. The Morgan fingerprint density at radius 1 is 1.58 bits per heavy atom. The third-order valence-electron chi connectivity index (χ3n) is 1.53. The summed E-state index contributed by atoms with van der Waals surface area (Å²) in [5.41, 5.74) is 4.35. The van der Waals surface area contributed by atoms with Crippen molar-refractivity contribution in [1.29, 1.82) is 0 Å². The predicted molar refractivity (Wildman–Crippen MR) is 39.5 cm³/mol. The fraction of sp³-hybridized carbons (Fsp3) is 0.571. The summed E-state index contributed by atoms with van der Waals surface area (Å²) < 4.78 is 36.2. The lowest BCUT2D eigenvalue weighted by molar-refractivity contribution is -0.0930. The molecule has 0 saturated heterocycles. The Bertz CT molecular complexity index is 240. The highest BCUT2D eigenvalue weighted by molar-refractivity contribution is 5.82. The number of hydrogen-bond donors (Lipinski definition) is 1. The monoisotopic (exact) mass is 178 g/mol. The number of alkyl halides is 3. The van der Waals surface area contributed by atoms with Crippen molar-refractivity contribution in [3.8, 4) is 0 Å². The number of allylic oxidation sites excluding steroid dienone is 2. The Hall–Kier alpha value is -1.00. The second kappa shape index (κ2) is 2.80. The van der Waals surface area contributed by atoms with E-state index < -0.39 is 11.9 Å². The summed E-state index contributed by atoms with van der Waals surface area (Å²) in [6.07, 6.45) is -2.88. The molecule has 0 bridgehead atoms. The highest BCUT2D eigenvalue weighted by Gasteiger charge is 2.35. The van der Waals surface area contributed by atoms with E-state index in [9.17, 15) is 13.2 Å². The Labute approximate surface area is 68.0 Å². The normalized spacial score (nSPS) is 24.8. The van der Waals surface area contributed by atoms with Crippen LogP contribution in [0.3, 0.4) is 0 Å². The third kappa shape index (κ3) is 1.99. The molecule has 1 aliphatic rings. The van der Waals surface area contributed by atoms with Crippen molar-refractivity contribution >= 4 is 5.84 Å². The van der Waals surface area contributed by atoms with Crippen molar-refractivity contribution in [3.63, 3.8) is 0 Å². The number of nitrogens with zero attached hydrogens (tertiary/aromatic N) is 1. The van der Waals surface area contributed by atoms with Gasteiger partial charge in [-0.05, 0) is 5.92 Å². The van der Waals surface area contributed by atoms with Crippen LogP contribution in [0.2, 0.25) is 0 Å². The first-order valence-corrected chi connectivity index (χ1v) is 3.51. The molecule has 2 nitrogen and oxygen atoms in total. The number of nitrogens with two attached hydrogens (primary N) is 1. The number of amidine groups is 1. The van der Waals surface area contributed by atoms with Crippen molar-refractivity contribution in [3.05, 3.63) is 11.8 Å². The standard InChI is InChI=1S/C7H9F3N2/c1-4-2-5(7(8,9)10)12-6(11)3-4/h2,4H,3H2,1H3,(H2,11,12). The molecule has 1 unspecified atom stereocenters. The van der Waals surface area contributed by atoms with E-state index in [1.54, 1.807) is 6.92 Å². The average molecular weight is 178 g/mol. The summed E-state index contributed by atoms with van der Waals surface area (Å²) in [7, 11) is 0. The third-order valence-corrected chi connectivity index (χ3v) is 1.53. The fourth-order valence-corrected chi connectivity index (χ4v) is 1.05. The topological polar surface area (TPSA) is 38.4 Å². The molecule has 0 aromatic rings. The number of hydrogen-bond acceptors (Lipinski definition) is 2.